The van der Waals surface area contributed by atoms with Gasteiger partial charge in [-0.05, 0) is 18.4 Å². The van der Waals surface area contributed by atoms with E-state index in [1.807, 2.05) is 6.08 Å². The molecule has 2 aliphatic rings. The van der Waals surface area contributed by atoms with Gasteiger partial charge in [-0.15, -0.1) is 0 Å². The zero-order valence-corrected chi connectivity index (χ0v) is 8.71. The van der Waals surface area contributed by atoms with Crippen molar-refractivity contribution >= 4 is 11.5 Å². The Bertz CT molecular complexity index is 359. The van der Waals surface area contributed by atoms with E-state index < -0.39 is 0 Å². The van der Waals surface area contributed by atoms with Crippen LogP contribution < -0.4 is 0 Å². The van der Waals surface area contributed by atoms with Crippen molar-refractivity contribution < 1.29 is 4.79 Å². The van der Waals surface area contributed by atoms with Crippen molar-refractivity contribution in [2.45, 2.75) is 33.1 Å². The van der Waals surface area contributed by atoms with Crippen molar-refractivity contribution in [1.82, 2.24) is 0 Å². The Balaban J connectivity index is 2.43. The van der Waals surface area contributed by atoms with Crippen molar-refractivity contribution in [3.05, 3.63) is 23.9 Å². The van der Waals surface area contributed by atoms with E-state index in [9.17, 15) is 4.79 Å². The molecule has 0 amide bonds. The summed E-state index contributed by atoms with van der Waals surface area (Å²) in [4.78, 5) is 15.8. The van der Waals surface area contributed by atoms with Crippen LogP contribution in [0.1, 0.15) is 33.1 Å². The maximum atomic E-state index is 11.6. The van der Waals surface area contributed by atoms with Gasteiger partial charge in [0.2, 0.25) is 0 Å². The van der Waals surface area contributed by atoms with Crippen LogP contribution in [0.2, 0.25) is 0 Å². The van der Waals surface area contributed by atoms with Gasteiger partial charge in [-0.2, -0.15) is 0 Å². The molecule has 0 aromatic carbocycles. The molecular weight excluding hydrogens is 174 g/mol. The second-order valence-corrected chi connectivity index (χ2v) is 4.56. The molecule has 1 fully saturated rings. The smallest absolute Gasteiger partial charge is 0.181 e. The number of aliphatic imine (C=N–C) groups is 1. The fourth-order valence-electron chi connectivity index (χ4n) is 1.95. The van der Waals surface area contributed by atoms with Crippen LogP contribution in [-0.2, 0) is 4.79 Å². The number of fused-ring (bicyclic) bond motifs is 1. The zero-order valence-electron chi connectivity index (χ0n) is 8.71. The number of carbonyl (C=O) groups is 1. The Morgan fingerprint density at radius 3 is 2.93 bits per heavy atom. The molecule has 2 heteroatoms. The van der Waals surface area contributed by atoms with Crippen LogP contribution >= 0.6 is 0 Å². The van der Waals surface area contributed by atoms with Crippen molar-refractivity contribution in [2.24, 2.45) is 10.4 Å². The number of nitrogens with zero attached hydrogens (tertiary/aromatic N) is 1. The molecule has 0 N–H and O–H groups in total. The molecule has 2 nitrogen and oxygen atoms in total. The molecule has 14 heavy (non-hydrogen) atoms. The predicted octanol–water partition coefficient (Wildman–Crippen LogP) is 2.66. The van der Waals surface area contributed by atoms with E-state index in [1.54, 1.807) is 6.20 Å². The standard InChI is InChI=1S/C12H15NO/c1-12(2)6-7-13-11-9(8-12)4-3-5-10(11)14/h6-8H,3-5H2,1-2H3. The Morgan fingerprint density at radius 1 is 1.36 bits per heavy atom. The first kappa shape index (κ1) is 9.38. The van der Waals surface area contributed by atoms with Gasteiger partial charge < -0.3 is 0 Å². The van der Waals surface area contributed by atoms with E-state index >= 15 is 0 Å². The van der Waals surface area contributed by atoms with Gasteiger partial charge in [0.25, 0.3) is 0 Å². The normalized spacial score (nSPS) is 24.9. The molecule has 1 aliphatic heterocycles. The van der Waals surface area contributed by atoms with Crippen LogP contribution in [0.25, 0.3) is 0 Å². The number of allylic oxidation sites excluding steroid dienone is 3. The lowest BCUT2D eigenvalue weighted by Gasteiger charge is -2.19. The SMILES string of the molecule is CC1(C)C=CN=C2C(=O)CCCC2=C1. The largest absolute Gasteiger partial charge is 0.292 e. The van der Waals surface area contributed by atoms with Gasteiger partial charge in [-0.1, -0.05) is 26.0 Å². The van der Waals surface area contributed by atoms with Crippen molar-refractivity contribution in [3.63, 3.8) is 0 Å². The van der Waals surface area contributed by atoms with Crippen molar-refractivity contribution in [3.8, 4) is 0 Å². The topological polar surface area (TPSA) is 29.4 Å². The maximum Gasteiger partial charge on any atom is 0.181 e. The molecule has 0 saturated heterocycles. The van der Waals surface area contributed by atoms with Gasteiger partial charge in [-0.3, -0.25) is 9.79 Å². The van der Waals surface area contributed by atoms with Gasteiger partial charge in [0.1, 0.15) is 5.71 Å². The van der Waals surface area contributed by atoms with Crippen LogP contribution in [0.3, 0.4) is 0 Å². The van der Waals surface area contributed by atoms with Crippen LogP contribution in [0.15, 0.2) is 28.9 Å². The lowest BCUT2D eigenvalue weighted by Crippen LogP contribution is -2.22. The molecule has 0 aromatic heterocycles. The minimum atomic E-state index is 0.0260. The molecule has 1 heterocycles. The summed E-state index contributed by atoms with van der Waals surface area (Å²) in [6.07, 6.45) is 8.60. The second-order valence-electron chi connectivity index (χ2n) is 4.56. The van der Waals surface area contributed by atoms with Crippen LogP contribution in [0, 0.1) is 5.41 Å². The van der Waals surface area contributed by atoms with E-state index in [1.165, 1.54) is 0 Å². The summed E-state index contributed by atoms with van der Waals surface area (Å²) in [5.41, 5.74) is 1.85. The summed E-state index contributed by atoms with van der Waals surface area (Å²) >= 11 is 0. The van der Waals surface area contributed by atoms with Gasteiger partial charge >= 0.3 is 0 Å². The quantitative estimate of drug-likeness (QED) is 0.576. The Hall–Kier alpha value is -1.18. The molecule has 0 spiro atoms. The first-order valence-electron chi connectivity index (χ1n) is 5.09. The highest BCUT2D eigenvalue weighted by atomic mass is 16.1. The molecule has 0 radical (unpaired) electrons. The highest BCUT2D eigenvalue weighted by Crippen LogP contribution is 2.29. The average molecular weight is 189 g/mol. The van der Waals surface area contributed by atoms with E-state index in [0.717, 1.165) is 18.4 Å². The summed E-state index contributed by atoms with van der Waals surface area (Å²) in [5.74, 6) is 0.199. The number of carbonyl (C=O) groups excluding carboxylic acids is 1. The predicted molar refractivity (Wildman–Crippen MR) is 57.3 cm³/mol. The van der Waals surface area contributed by atoms with Crippen LogP contribution in [-0.4, -0.2) is 11.5 Å². The van der Waals surface area contributed by atoms with Gasteiger partial charge in [0.05, 0.1) is 0 Å². The summed E-state index contributed by atoms with van der Waals surface area (Å²) < 4.78 is 0. The summed E-state index contributed by atoms with van der Waals surface area (Å²) in [5, 5.41) is 0. The Kier molecular flexibility index (Phi) is 2.14. The van der Waals surface area contributed by atoms with E-state index in [-0.39, 0.29) is 11.2 Å². The number of rotatable bonds is 0. The molecule has 1 aliphatic carbocycles. The molecule has 0 atom stereocenters. The zero-order chi connectivity index (χ0) is 10.2. The first-order valence-corrected chi connectivity index (χ1v) is 5.09. The third-order valence-corrected chi connectivity index (χ3v) is 2.67. The fourth-order valence-corrected chi connectivity index (χ4v) is 1.95. The van der Waals surface area contributed by atoms with Gasteiger partial charge in [-0.25, -0.2) is 0 Å². The number of hydrogen-bond donors (Lipinski definition) is 0. The monoisotopic (exact) mass is 189 g/mol. The summed E-state index contributed by atoms with van der Waals surface area (Å²) in [6, 6.07) is 0. The van der Waals surface area contributed by atoms with Crippen molar-refractivity contribution in [2.75, 3.05) is 0 Å². The highest BCUT2D eigenvalue weighted by molar-refractivity contribution is 6.47. The molecule has 0 bridgehead atoms. The lowest BCUT2D eigenvalue weighted by atomic mass is 9.85. The second kappa shape index (κ2) is 3.19. The minimum absolute atomic E-state index is 0.0260. The van der Waals surface area contributed by atoms with Gasteiger partial charge in [0, 0.05) is 18.0 Å². The van der Waals surface area contributed by atoms with E-state index in [2.05, 4.69) is 24.9 Å². The molecule has 1 saturated carbocycles. The highest BCUT2D eigenvalue weighted by Gasteiger charge is 2.25. The van der Waals surface area contributed by atoms with E-state index in [4.69, 9.17) is 0 Å². The lowest BCUT2D eigenvalue weighted by molar-refractivity contribution is -0.113. The minimum Gasteiger partial charge on any atom is -0.292 e. The maximum absolute atomic E-state index is 11.6. The molecule has 2 rings (SSSR count). The number of hydrogen-bond acceptors (Lipinski definition) is 2. The summed E-state index contributed by atoms with van der Waals surface area (Å²) in [6.45, 7) is 4.27. The van der Waals surface area contributed by atoms with E-state index in [0.29, 0.717) is 12.1 Å². The Labute approximate surface area is 84.4 Å². The number of Topliss-reactive ketones (excluding diaryl/α,β-unsaturated/α-hetero) is 1. The first-order chi connectivity index (χ1) is 6.58. The van der Waals surface area contributed by atoms with Crippen LogP contribution in [0.5, 0.6) is 0 Å². The third-order valence-electron chi connectivity index (χ3n) is 2.67. The van der Waals surface area contributed by atoms with Crippen molar-refractivity contribution in [1.29, 1.82) is 0 Å². The molecule has 74 valence electrons. The number of ketones is 1. The van der Waals surface area contributed by atoms with Crippen LogP contribution in [0.4, 0.5) is 0 Å². The summed E-state index contributed by atoms with van der Waals surface area (Å²) in [7, 11) is 0. The molecule has 0 aromatic rings. The molecule has 0 unspecified atom stereocenters. The fraction of sp³-hybridized carbons (Fsp3) is 0.500. The molecular formula is C12H15NO. The average Bonchev–Trinajstić information content (AvgIpc) is 2.23. The third kappa shape index (κ3) is 1.69. The Morgan fingerprint density at radius 2 is 2.14 bits per heavy atom. The van der Waals surface area contributed by atoms with Gasteiger partial charge in [0.15, 0.2) is 5.78 Å².